The Kier molecular flexibility index (Phi) is 5.53. The first kappa shape index (κ1) is 21.4. The van der Waals surface area contributed by atoms with Gasteiger partial charge in [-0.15, -0.1) is 0 Å². The van der Waals surface area contributed by atoms with Crippen LogP contribution in [-0.2, 0) is 15.8 Å². The molecule has 1 fully saturated rings. The Bertz CT molecular complexity index is 1040. The van der Waals surface area contributed by atoms with Gasteiger partial charge >= 0.3 is 6.18 Å². The number of anilines is 1. The Morgan fingerprint density at radius 1 is 0.839 bits per heavy atom. The predicted octanol–water partition coefficient (Wildman–Crippen LogP) is 3.89. The number of imide groups is 1. The molecule has 2 amide bonds. The number of likely N-dealkylation sites (N-methyl/N-ethyl adjacent to an activating group) is 1. The van der Waals surface area contributed by atoms with Crippen LogP contribution in [0.4, 0.5) is 18.9 Å². The van der Waals surface area contributed by atoms with Crippen LogP contribution < -0.4 is 4.90 Å². The highest BCUT2D eigenvalue weighted by molar-refractivity contribution is 6.45. The fraction of sp³-hybridized carbons (Fsp3) is 0.273. The number of piperazine rings is 1. The first-order chi connectivity index (χ1) is 14.7. The fourth-order valence-electron chi connectivity index (χ4n) is 3.75. The van der Waals surface area contributed by atoms with Gasteiger partial charge in [0.05, 0.1) is 16.8 Å². The number of alkyl halides is 3. The monoisotopic (exact) mass is 449 g/mol. The lowest BCUT2D eigenvalue weighted by atomic mass is 10.0. The molecule has 0 aliphatic carbocycles. The molecule has 5 nitrogen and oxygen atoms in total. The molecule has 0 saturated carbocycles. The minimum Gasteiger partial charge on any atom is -0.364 e. The van der Waals surface area contributed by atoms with Crippen molar-refractivity contribution in [2.45, 2.75) is 6.18 Å². The SMILES string of the molecule is CN1CCN(C2=C(c3ccc(Cl)cc3)C(=O)N(c3ccc(C(F)(F)F)cc3)C2=O)CC1. The zero-order chi connectivity index (χ0) is 22.3. The van der Waals surface area contributed by atoms with E-state index >= 15 is 0 Å². The lowest BCUT2D eigenvalue weighted by Gasteiger charge is -2.34. The van der Waals surface area contributed by atoms with Gasteiger partial charge in [0.15, 0.2) is 0 Å². The van der Waals surface area contributed by atoms with Crippen LogP contribution in [0.5, 0.6) is 0 Å². The highest BCUT2D eigenvalue weighted by Crippen LogP contribution is 2.37. The third-order valence-electron chi connectivity index (χ3n) is 5.46. The van der Waals surface area contributed by atoms with Crippen molar-refractivity contribution >= 4 is 34.7 Å². The van der Waals surface area contributed by atoms with Gasteiger partial charge < -0.3 is 9.80 Å². The van der Waals surface area contributed by atoms with Crippen molar-refractivity contribution in [2.24, 2.45) is 0 Å². The normalized spacial score (nSPS) is 18.4. The molecule has 2 aromatic rings. The summed E-state index contributed by atoms with van der Waals surface area (Å²) in [5.74, 6) is -1.11. The molecule has 162 valence electrons. The van der Waals surface area contributed by atoms with Gasteiger partial charge in [0.25, 0.3) is 11.8 Å². The lowest BCUT2D eigenvalue weighted by Crippen LogP contribution is -2.46. The predicted molar refractivity (Wildman–Crippen MR) is 111 cm³/mol. The van der Waals surface area contributed by atoms with E-state index in [0.29, 0.717) is 23.7 Å². The minimum absolute atomic E-state index is 0.0959. The quantitative estimate of drug-likeness (QED) is 0.667. The highest BCUT2D eigenvalue weighted by Gasteiger charge is 2.43. The van der Waals surface area contributed by atoms with Crippen LogP contribution >= 0.6 is 11.6 Å². The molecule has 0 aromatic heterocycles. The van der Waals surface area contributed by atoms with Crippen molar-refractivity contribution in [3.8, 4) is 0 Å². The molecule has 2 aliphatic heterocycles. The zero-order valence-corrected chi connectivity index (χ0v) is 17.4. The number of hydrogen-bond acceptors (Lipinski definition) is 4. The molecule has 2 aliphatic rings. The Labute approximate surface area is 182 Å². The largest absolute Gasteiger partial charge is 0.416 e. The van der Waals surface area contributed by atoms with Crippen molar-refractivity contribution < 1.29 is 22.8 Å². The molecular weight excluding hydrogens is 431 g/mol. The third-order valence-corrected chi connectivity index (χ3v) is 5.72. The summed E-state index contributed by atoms with van der Waals surface area (Å²) in [5.41, 5.74) is 0.275. The van der Waals surface area contributed by atoms with Crippen LogP contribution in [0.3, 0.4) is 0 Å². The summed E-state index contributed by atoms with van der Waals surface area (Å²) in [7, 11) is 1.97. The summed E-state index contributed by atoms with van der Waals surface area (Å²) in [6, 6.07) is 10.6. The van der Waals surface area contributed by atoms with Gasteiger partial charge in [0, 0.05) is 31.2 Å². The molecule has 9 heteroatoms. The van der Waals surface area contributed by atoms with Gasteiger partial charge in [-0.1, -0.05) is 23.7 Å². The van der Waals surface area contributed by atoms with E-state index in [9.17, 15) is 22.8 Å². The van der Waals surface area contributed by atoms with Gasteiger partial charge in [-0.05, 0) is 49.0 Å². The summed E-state index contributed by atoms with van der Waals surface area (Å²) >= 11 is 5.97. The van der Waals surface area contributed by atoms with E-state index in [4.69, 9.17) is 11.6 Å². The maximum Gasteiger partial charge on any atom is 0.416 e. The topological polar surface area (TPSA) is 43.9 Å². The van der Waals surface area contributed by atoms with Crippen LogP contribution in [0.25, 0.3) is 5.57 Å². The molecule has 0 unspecified atom stereocenters. The highest BCUT2D eigenvalue weighted by atomic mass is 35.5. The number of rotatable bonds is 3. The molecule has 4 rings (SSSR count). The van der Waals surface area contributed by atoms with E-state index in [2.05, 4.69) is 4.90 Å². The van der Waals surface area contributed by atoms with Crippen LogP contribution in [-0.4, -0.2) is 54.8 Å². The number of amides is 2. The number of carbonyl (C=O) groups is 2. The molecule has 0 spiro atoms. The molecule has 0 N–H and O–H groups in total. The number of benzene rings is 2. The molecule has 0 radical (unpaired) electrons. The summed E-state index contributed by atoms with van der Waals surface area (Å²) in [5, 5.41) is 0.488. The molecule has 1 saturated heterocycles. The second kappa shape index (κ2) is 8.01. The second-order valence-electron chi connectivity index (χ2n) is 7.51. The Morgan fingerprint density at radius 2 is 1.42 bits per heavy atom. The summed E-state index contributed by atoms with van der Waals surface area (Å²) < 4.78 is 38.8. The standard InChI is InChI=1S/C22H19ClF3N3O2/c1-27-10-12-28(13-11-27)19-18(14-2-6-16(23)7-3-14)20(30)29(21(19)31)17-8-4-15(5-9-17)22(24,25)26/h2-9H,10-13H2,1H3. The van der Waals surface area contributed by atoms with Crippen molar-refractivity contribution in [3.63, 3.8) is 0 Å². The van der Waals surface area contributed by atoms with Crippen LogP contribution in [0.15, 0.2) is 54.2 Å². The Hall–Kier alpha value is -2.84. The van der Waals surface area contributed by atoms with Gasteiger partial charge in [0.1, 0.15) is 5.70 Å². The average molecular weight is 450 g/mol. The molecule has 2 aromatic carbocycles. The number of nitrogens with zero attached hydrogens (tertiary/aromatic N) is 3. The average Bonchev–Trinajstić information content (AvgIpc) is 2.99. The smallest absolute Gasteiger partial charge is 0.364 e. The second-order valence-corrected chi connectivity index (χ2v) is 7.95. The van der Waals surface area contributed by atoms with Crippen molar-refractivity contribution in [3.05, 3.63) is 70.4 Å². The fourth-order valence-corrected chi connectivity index (χ4v) is 3.88. The molecule has 2 heterocycles. The molecule has 31 heavy (non-hydrogen) atoms. The molecular formula is C22H19ClF3N3O2. The van der Waals surface area contributed by atoms with Crippen LogP contribution in [0.1, 0.15) is 11.1 Å². The number of halogens is 4. The van der Waals surface area contributed by atoms with Gasteiger partial charge in [-0.3, -0.25) is 9.59 Å². The first-order valence-corrected chi connectivity index (χ1v) is 10.0. The summed E-state index contributed by atoms with van der Waals surface area (Å²) in [6.45, 7) is 2.56. The summed E-state index contributed by atoms with van der Waals surface area (Å²) in [6.07, 6.45) is -4.50. The zero-order valence-electron chi connectivity index (χ0n) is 16.6. The van der Waals surface area contributed by atoms with Gasteiger partial charge in [-0.25, -0.2) is 4.90 Å². The van der Waals surface area contributed by atoms with E-state index in [-0.39, 0.29) is 17.0 Å². The van der Waals surface area contributed by atoms with E-state index in [1.807, 2.05) is 11.9 Å². The van der Waals surface area contributed by atoms with Gasteiger partial charge in [0.2, 0.25) is 0 Å². The molecule has 0 atom stereocenters. The van der Waals surface area contributed by atoms with Crippen LogP contribution in [0.2, 0.25) is 5.02 Å². The maximum absolute atomic E-state index is 13.4. The Balaban J connectivity index is 1.76. The Morgan fingerprint density at radius 3 is 1.97 bits per heavy atom. The van der Waals surface area contributed by atoms with E-state index < -0.39 is 23.6 Å². The minimum atomic E-state index is -4.50. The summed E-state index contributed by atoms with van der Waals surface area (Å²) in [4.78, 5) is 31.7. The first-order valence-electron chi connectivity index (χ1n) is 9.66. The number of carbonyl (C=O) groups excluding carboxylic acids is 2. The van der Waals surface area contributed by atoms with Crippen molar-refractivity contribution in [1.82, 2.24) is 9.80 Å². The lowest BCUT2D eigenvalue weighted by molar-refractivity contribution is -0.137. The third kappa shape index (κ3) is 4.05. The van der Waals surface area contributed by atoms with Crippen molar-refractivity contribution in [2.75, 3.05) is 38.1 Å². The number of hydrogen-bond donors (Lipinski definition) is 0. The van der Waals surface area contributed by atoms with E-state index in [0.717, 1.165) is 42.3 Å². The van der Waals surface area contributed by atoms with Crippen LogP contribution in [0, 0.1) is 0 Å². The van der Waals surface area contributed by atoms with Crippen molar-refractivity contribution in [1.29, 1.82) is 0 Å². The van der Waals surface area contributed by atoms with E-state index in [1.165, 1.54) is 0 Å². The maximum atomic E-state index is 13.4. The van der Waals surface area contributed by atoms with E-state index in [1.54, 1.807) is 24.3 Å². The van der Waals surface area contributed by atoms with Gasteiger partial charge in [-0.2, -0.15) is 13.2 Å². The molecule has 0 bridgehead atoms.